The highest BCUT2D eigenvalue weighted by Crippen LogP contribution is 2.43. The molecule has 0 saturated carbocycles. The first-order valence-electron chi connectivity index (χ1n) is 30.6. The Bertz CT molecular complexity index is 1260. The Morgan fingerprint density at radius 3 is 0.958 bits per heavy atom. The molecule has 0 aliphatic heterocycles. The molecule has 2 N–H and O–H groups in total. The second-order valence-corrected chi connectivity index (χ2v) is 22.3. The summed E-state index contributed by atoms with van der Waals surface area (Å²) in [7, 11) is -4.74. The van der Waals surface area contributed by atoms with Crippen LogP contribution in [0.25, 0.3) is 0 Å². The summed E-state index contributed by atoms with van der Waals surface area (Å²) < 4.78 is 39.5. The van der Waals surface area contributed by atoms with E-state index >= 15 is 0 Å². The number of phosphoric acid groups is 1. The molecular formula is C60H115O11P. The van der Waals surface area contributed by atoms with Crippen molar-refractivity contribution in [2.75, 3.05) is 26.4 Å². The van der Waals surface area contributed by atoms with E-state index in [9.17, 15) is 28.9 Å². The lowest BCUT2D eigenvalue weighted by Gasteiger charge is -2.21. The van der Waals surface area contributed by atoms with Crippen molar-refractivity contribution in [2.45, 2.75) is 328 Å². The Balaban J connectivity index is 4.63. The van der Waals surface area contributed by atoms with Gasteiger partial charge in [0.15, 0.2) is 6.10 Å². The number of hydrogen-bond acceptors (Lipinski definition) is 10. The molecule has 0 aliphatic carbocycles. The van der Waals surface area contributed by atoms with Crippen LogP contribution in [-0.4, -0.2) is 66.5 Å². The average molecular weight is 1040 g/mol. The van der Waals surface area contributed by atoms with Gasteiger partial charge in [0.1, 0.15) is 12.7 Å². The number of carbonyl (C=O) groups is 3. The molecule has 12 heteroatoms. The summed E-state index contributed by atoms with van der Waals surface area (Å²) in [5.74, 6) is -1.44. The van der Waals surface area contributed by atoms with Crippen molar-refractivity contribution in [3.63, 3.8) is 0 Å². The summed E-state index contributed by atoms with van der Waals surface area (Å²) in [5, 5.41) is 9.78. The third kappa shape index (κ3) is 53.1. The summed E-state index contributed by atoms with van der Waals surface area (Å²) in [6.07, 6.45) is 54.7. The van der Waals surface area contributed by atoms with Gasteiger partial charge in [-0.05, 0) is 44.9 Å². The first-order chi connectivity index (χ1) is 35.2. The number of ether oxygens (including phenoxy) is 3. The monoisotopic (exact) mass is 1040 g/mol. The first-order valence-corrected chi connectivity index (χ1v) is 32.1. The molecule has 0 rings (SSSR count). The van der Waals surface area contributed by atoms with E-state index < -0.39 is 57.8 Å². The Kier molecular flexibility index (Phi) is 54.1. The number of aliphatic hydroxyl groups excluding tert-OH is 1. The number of carbonyl (C=O) groups excluding carboxylic acids is 3. The molecule has 0 radical (unpaired) electrons. The molecule has 0 bridgehead atoms. The maximum Gasteiger partial charge on any atom is 0.472 e. The van der Waals surface area contributed by atoms with E-state index in [1.54, 1.807) is 0 Å². The highest BCUT2D eigenvalue weighted by Gasteiger charge is 2.28. The van der Waals surface area contributed by atoms with Crippen molar-refractivity contribution in [1.82, 2.24) is 0 Å². The van der Waals surface area contributed by atoms with Gasteiger partial charge in [-0.15, -0.1) is 0 Å². The Morgan fingerprint density at radius 1 is 0.375 bits per heavy atom. The third-order valence-corrected chi connectivity index (χ3v) is 14.6. The van der Waals surface area contributed by atoms with Crippen molar-refractivity contribution < 1.29 is 52.2 Å². The zero-order valence-corrected chi connectivity index (χ0v) is 48.1. The van der Waals surface area contributed by atoms with E-state index in [2.05, 4.69) is 32.9 Å². The molecule has 11 nitrogen and oxygen atoms in total. The van der Waals surface area contributed by atoms with E-state index in [1.807, 2.05) is 0 Å². The first kappa shape index (κ1) is 70.2. The van der Waals surface area contributed by atoms with Crippen LogP contribution in [0.5, 0.6) is 0 Å². The molecule has 0 spiro atoms. The van der Waals surface area contributed by atoms with Gasteiger partial charge in [-0.3, -0.25) is 23.4 Å². The van der Waals surface area contributed by atoms with Gasteiger partial charge in [-0.1, -0.05) is 264 Å². The van der Waals surface area contributed by atoms with Crippen LogP contribution in [0.15, 0.2) is 12.2 Å². The van der Waals surface area contributed by atoms with E-state index in [0.29, 0.717) is 19.3 Å². The summed E-state index contributed by atoms with van der Waals surface area (Å²) in [5.41, 5.74) is 0. The topological polar surface area (TPSA) is 155 Å². The van der Waals surface area contributed by atoms with Crippen molar-refractivity contribution in [1.29, 1.82) is 0 Å². The van der Waals surface area contributed by atoms with Crippen LogP contribution in [0.4, 0.5) is 0 Å². The number of aliphatic hydroxyl groups is 1. The minimum Gasteiger partial charge on any atom is -0.462 e. The van der Waals surface area contributed by atoms with Crippen LogP contribution >= 0.6 is 7.82 Å². The largest absolute Gasteiger partial charge is 0.472 e. The van der Waals surface area contributed by atoms with Crippen molar-refractivity contribution in [2.24, 2.45) is 0 Å². The normalized spacial score (nSPS) is 13.3. The molecule has 3 unspecified atom stereocenters. The minimum atomic E-state index is -4.74. The molecule has 0 aromatic heterocycles. The number of unbranched alkanes of at least 4 members (excludes halogenated alkanes) is 39. The van der Waals surface area contributed by atoms with Crippen molar-refractivity contribution >= 4 is 25.7 Å². The maximum absolute atomic E-state index is 12.9. The van der Waals surface area contributed by atoms with Gasteiger partial charge in [-0.25, -0.2) is 4.57 Å². The summed E-state index contributed by atoms with van der Waals surface area (Å²) in [6.45, 7) is 4.68. The van der Waals surface area contributed by atoms with Crippen LogP contribution in [0.2, 0.25) is 0 Å². The van der Waals surface area contributed by atoms with E-state index in [1.165, 1.54) is 193 Å². The van der Waals surface area contributed by atoms with Crippen LogP contribution in [0.3, 0.4) is 0 Å². The lowest BCUT2D eigenvalue weighted by Crippen LogP contribution is -2.30. The molecule has 72 heavy (non-hydrogen) atoms. The molecule has 0 aromatic rings. The number of allylic oxidation sites excluding steroid dienone is 2. The lowest BCUT2D eigenvalue weighted by molar-refractivity contribution is -0.161. The maximum atomic E-state index is 12.9. The zero-order valence-electron chi connectivity index (χ0n) is 47.2. The minimum absolute atomic E-state index is 0.170. The van der Waals surface area contributed by atoms with E-state index in [-0.39, 0.29) is 25.9 Å². The van der Waals surface area contributed by atoms with Gasteiger partial charge in [0.05, 0.1) is 19.8 Å². The Labute approximate surface area is 443 Å². The quantitative estimate of drug-likeness (QED) is 0.0197. The van der Waals surface area contributed by atoms with Gasteiger partial charge in [0.25, 0.3) is 0 Å². The van der Waals surface area contributed by atoms with Gasteiger partial charge < -0.3 is 24.2 Å². The molecule has 0 heterocycles. The molecule has 0 aromatic carbocycles. The highest BCUT2D eigenvalue weighted by molar-refractivity contribution is 7.47. The number of esters is 3. The highest BCUT2D eigenvalue weighted by atomic mass is 31.2. The molecule has 0 saturated heterocycles. The molecule has 0 aliphatic rings. The predicted octanol–water partition coefficient (Wildman–Crippen LogP) is 18.0. The molecular weight excluding hydrogens is 928 g/mol. The standard InChI is InChI=1S/C60H115O11P/c1-4-7-10-13-16-19-21-23-25-27-28-30-31-33-35-38-40-43-46-49-58(62)67-53-57(71-60(64)51-48-45-42-39-36-34-32-29-26-24-22-20-17-14-11-8-5-2)55-69-72(65,66)68-54-56(52-61)70-59(63)50-47-44-41-37-18-15-12-9-6-3/h24,26,56-57,61H,4-23,25,27-55H2,1-3H3,(H,65,66)/b26-24-. The SMILES string of the molecule is CCCCCCCC/C=C\CCCCCCCCCC(=O)OC(COC(=O)CCCCCCCCCCCCCCCCCCCCC)COP(=O)(O)OCC(CO)OC(=O)CCCCCCCCCCC. The van der Waals surface area contributed by atoms with Gasteiger partial charge in [0, 0.05) is 19.3 Å². The number of rotatable bonds is 58. The second kappa shape index (κ2) is 55.5. The lowest BCUT2D eigenvalue weighted by atomic mass is 10.0. The fourth-order valence-corrected chi connectivity index (χ4v) is 9.78. The molecule has 0 amide bonds. The van der Waals surface area contributed by atoms with E-state index in [4.69, 9.17) is 23.3 Å². The summed E-state index contributed by atoms with van der Waals surface area (Å²) >= 11 is 0. The molecule has 426 valence electrons. The van der Waals surface area contributed by atoms with Gasteiger partial charge in [-0.2, -0.15) is 0 Å². The van der Waals surface area contributed by atoms with Crippen molar-refractivity contribution in [3.05, 3.63) is 12.2 Å². The zero-order chi connectivity index (χ0) is 52.7. The Hall–Kier alpha value is -1.78. The molecule has 3 atom stereocenters. The van der Waals surface area contributed by atoms with Crippen LogP contribution < -0.4 is 0 Å². The van der Waals surface area contributed by atoms with Crippen LogP contribution in [-0.2, 0) is 42.2 Å². The smallest absolute Gasteiger partial charge is 0.462 e. The van der Waals surface area contributed by atoms with Gasteiger partial charge in [0.2, 0.25) is 0 Å². The fraction of sp³-hybridized carbons (Fsp3) is 0.917. The predicted molar refractivity (Wildman–Crippen MR) is 298 cm³/mol. The molecule has 0 fully saturated rings. The average Bonchev–Trinajstić information content (AvgIpc) is 3.37. The van der Waals surface area contributed by atoms with E-state index in [0.717, 1.165) is 64.2 Å². The number of hydrogen-bond donors (Lipinski definition) is 2. The van der Waals surface area contributed by atoms with Gasteiger partial charge >= 0.3 is 25.7 Å². The van der Waals surface area contributed by atoms with Crippen LogP contribution in [0.1, 0.15) is 316 Å². The summed E-state index contributed by atoms with van der Waals surface area (Å²) in [4.78, 5) is 48.5. The van der Waals surface area contributed by atoms with Crippen LogP contribution in [0, 0.1) is 0 Å². The van der Waals surface area contributed by atoms with Crippen molar-refractivity contribution in [3.8, 4) is 0 Å². The third-order valence-electron chi connectivity index (χ3n) is 13.7. The number of phosphoric ester groups is 1. The fourth-order valence-electron chi connectivity index (χ4n) is 9.00. The Morgan fingerprint density at radius 2 is 0.639 bits per heavy atom. The second-order valence-electron chi connectivity index (χ2n) is 20.9. The summed E-state index contributed by atoms with van der Waals surface area (Å²) in [6, 6.07) is 0.